The zero-order chi connectivity index (χ0) is 15.4. The summed E-state index contributed by atoms with van der Waals surface area (Å²) >= 11 is 0. The monoisotopic (exact) mass is 292 g/mol. The number of rotatable bonds is 6. The third kappa shape index (κ3) is 3.25. The molecule has 112 valence electrons. The van der Waals surface area contributed by atoms with Crippen LogP contribution in [0.25, 0.3) is 10.9 Å². The number of carbonyl (C=O) groups is 2. The van der Waals surface area contributed by atoms with Gasteiger partial charge in [0.05, 0.1) is 20.6 Å². The average molecular weight is 292 g/mol. The van der Waals surface area contributed by atoms with Gasteiger partial charge in [0.25, 0.3) is 5.91 Å². The maximum Gasteiger partial charge on any atom is 0.305 e. The Morgan fingerprint density at radius 2 is 1.86 bits per heavy atom. The molecule has 1 amide bonds. The average Bonchev–Trinajstić information content (AvgIpc) is 2.87. The lowest BCUT2D eigenvalue weighted by Gasteiger charge is -2.06. The predicted molar refractivity (Wildman–Crippen MR) is 76.0 cm³/mol. The lowest BCUT2D eigenvalue weighted by molar-refractivity contribution is -0.136. The van der Waals surface area contributed by atoms with Gasteiger partial charge in [-0.15, -0.1) is 0 Å². The van der Waals surface area contributed by atoms with Crippen molar-refractivity contribution in [1.29, 1.82) is 0 Å². The van der Waals surface area contributed by atoms with Crippen molar-refractivity contribution in [3.05, 3.63) is 23.9 Å². The molecular weight excluding hydrogens is 276 g/mol. The van der Waals surface area contributed by atoms with Crippen LogP contribution in [-0.2, 0) is 4.79 Å². The SMILES string of the molecule is COc1cc2cc(C(=O)NCCC(=O)O)[nH]c2cc1OC. The molecular formula is C14H16N2O5. The van der Waals surface area contributed by atoms with Crippen molar-refractivity contribution in [3.63, 3.8) is 0 Å². The standard InChI is InChI=1S/C14H16N2O5/c1-20-11-6-8-5-10(14(19)15-4-3-13(17)18)16-9(8)7-12(11)21-2/h5-7,16H,3-4H2,1-2H3,(H,15,19)(H,17,18). The summed E-state index contributed by atoms with van der Waals surface area (Å²) in [6, 6.07) is 5.17. The normalized spacial score (nSPS) is 10.4. The van der Waals surface area contributed by atoms with Gasteiger partial charge in [-0.25, -0.2) is 0 Å². The number of aromatic amines is 1. The highest BCUT2D eigenvalue weighted by atomic mass is 16.5. The summed E-state index contributed by atoms with van der Waals surface area (Å²) in [5.74, 6) is -0.182. The minimum absolute atomic E-state index is 0.0795. The van der Waals surface area contributed by atoms with Crippen molar-refractivity contribution < 1.29 is 24.2 Å². The highest BCUT2D eigenvalue weighted by Gasteiger charge is 2.12. The maximum atomic E-state index is 11.9. The Balaban J connectivity index is 2.22. The molecule has 0 aliphatic rings. The second kappa shape index (κ2) is 6.17. The minimum Gasteiger partial charge on any atom is -0.493 e. The number of fused-ring (bicyclic) bond motifs is 1. The molecule has 21 heavy (non-hydrogen) atoms. The molecule has 7 nitrogen and oxygen atoms in total. The molecule has 0 unspecified atom stereocenters. The van der Waals surface area contributed by atoms with E-state index in [1.807, 2.05) is 0 Å². The topological polar surface area (TPSA) is 101 Å². The highest BCUT2D eigenvalue weighted by molar-refractivity contribution is 5.98. The van der Waals surface area contributed by atoms with Crippen molar-refractivity contribution in [2.75, 3.05) is 20.8 Å². The maximum absolute atomic E-state index is 11.9. The minimum atomic E-state index is -0.957. The molecule has 3 N–H and O–H groups in total. The summed E-state index contributed by atoms with van der Waals surface area (Å²) in [5.41, 5.74) is 1.08. The molecule has 1 aromatic heterocycles. The molecule has 1 heterocycles. The Kier molecular flexibility index (Phi) is 4.32. The van der Waals surface area contributed by atoms with Gasteiger partial charge in [-0.3, -0.25) is 9.59 Å². The number of aliphatic carboxylic acids is 1. The molecule has 2 aromatic rings. The van der Waals surface area contributed by atoms with Gasteiger partial charge in [-0.05, 0) is 12.1 Å². The third-order valence-corrected chi connectivity index (χ3v) is 2.99. The molecule has 0 radical (unpaired) electrons. The number of hydrogen-bond acceptors (Lipinski definition) is 4. The number of nitrogens with one attached hydrogen (secondary N) is 2. The van der Waals surface area contributed by atoms with Crippen molar-refractivity contribution in [3.8, 4) is 11.5 Å². The molecule has 0 spiro atoms. The fraction of sp³-hybridized carbons (Fsp3) is 0.286. The number of methoxy groups -OCH3 is 2. The van der Waals surface area contributed by atoms with Crippen LogP contribution in [0.5, 0.6) is 11.5 Å². The van der Waals surface area contributed by atoms with E-state index in [4.69, 9.17) is 14.6 Å². The molecule has 1 aromatic carbocycles. The summed E-state index contributed by atoms with van der Waals surface area (Å²) in [7, 11) is 3.07. The quantitative estimate of drug-likeness (QED) is 0.747. The van der Waals surface area contributed by atoms with Crippen LogP contribution in [-0.4, -0.2) is 42.7 Å². The summed E-state index contributed by atoms with van der Waals surface area (Å²) < 4.78 is 10.4. The van der Waals surface area contributed by atoms with Crippen LogP contribution in [0.15, 0.2) is 18.2 Å². The molecule has 0 saturated carbocycles. The number of aromatic nitrogens is 1. The first kappa shape index (κ1) is 14.7. The lowest BCUT2D eigenvalue weighted by atomic mass is 10.2. The van der Waals surface area contributed by atoms with E-state index < -0.39 is 5.97 Å². The van der Waals surface area contributed by atoms with E-state index in [-0.39, 0.29) is 18.9 Å². The Bertz CT molecular complexity index is 636. The van der Waals surface area contributed by atoms with E-state index in [9.17, 15) is 9.59 Å². The van der Waals surface area contributed by atoms with Crippen molar-refractivity contribution >= 4 is 22.8 Å². The van der Waals surface area contributed by atoms with E-state index in [2.05, 4.69) is 10.3 Å². The molecule has 0 fully saturated rings. The molecule has 0 aliphatic carbocycles. The van der Waals surface area contributed by atoms with Crippen molar-refractivity contribution in [1.82, 2.24) is 10.3 Å². The van der Waals surface area contributed by atoms with E-state index in [1.54, 1.807) is 18.2 Å². The van der Waals surface area contributed by atoms with E-state index in [0.717, 1.165) is 10.9 Å². The summed E-state index contributed by atoms with van der Waals surface area (Å²) in [4.78, 5) is 25.3. The number of carboxylic acids is 1. The van der Waals surface area contributed by atoms with Gasteiger partial charge in [0.15, 0.2) is 11.5 Å². The van der Waals surface area contributed by atoms with Gasteiger partial charge in [0.1, 0.15) is 5.69 Å². The Hall–Kier alpha value is -2.70. The molecule has 0 atom stereocenters. The number of amides is 1. The summed E-state index contributed by atoms with van der Waals surface area (Å²) in [5, 5.41) is 11.9. The van der Waals surface area contributed by atoms with Crippen molar-refractivity contribution in [2.24, 2.45) is 0 Å². The van der Waals surface area contributed by atoms with Crippen LogP contribution in [0.2, 0.25) is 0 Å². The van der Waals surface area contributed by atoms with Gasteiger partial charge in [0, 0.05) is 23.5 Å². The smallest absolute Gasteiger partial charge is 0.305 e. The zero-order valence-corrected chi connectivity index (χ0v) is 11.7. The zero-order valence-electron chi connectivity index (χ0n) is 11.7. The molecule has 7 heteroatoms. The fourth-order valence-corrected chi connectivity index (χ4v) is 1.96. The molecule has 2 rings (SSSR count). The van der Waals surface area contributed by atoms with E-state index >= 15 is 0 Å². The molecule has 0 saturated heterocycles. The number of carboxylic acid groups (broad SMARTS) is 1. The third-order valence-electron chi connectivity index (χ3n) is 2.99. The number of carbonyl (C=O) groups excluding carboxylic acids is 1. The van der Waals surface area contributed by atoms with Gasteiger partial charge in [-0.2, -0.15) is 0 Å². The van der Waals surface area contributed by atoms with Crippen LogP contribution in [0.4, 0.5) is 0 Å². The second-order valence-electron chi connectivity index (χ2n) is 4.38. The Labute approximate surface area is 120 Å². The number of benzene rings is 1. The molecule has 0 aliphatic heterocycles. The predicted octanol–water partition coefficient (Wildman–Crippen LogP) is 1.39. The highest BCUT2D eigenvalue weighted by Crippen LogP contribution is 2.32. The first-order chi connectivity index (χ1) is 10.0. The van der Waals surface area contributed by atoms with E-state index in [1.165, 1.54) is 14.2 Å². The van der Waals surface area contributed by atoms with Crippen LogP contribution in [0, 0.1) is 0 Å². The van der Waals surface area contributed by atoms with Crippen LogP contribution in [0.1, 0.15) is 16.9 Å². The summed E-state index contributed by atoms with van der Waals surface area (Å²) in [6.07, 6.45) is -0.117. The van der Waals surface area contributed by atoms with Crippen LogP contribution in [0.3, 0.4) is 0 Å². The van der Waals surface area contributed by atoms with Gasteiger partial charge >= 0.3 is 5.97 Å². The fourth-order valence-electron chi connectivity index (χ4n) is 1.96. The van der Waals surface area contributed by atoms with Crippen LogP contribution >= 0.6 is 0 Å². The van der Waals surface area contributed by atoms with Gasteiger partial charge in [-0.1, -0.05) is 0 Å². The first-order valence-electron chi connectivity index (χ1n) is 6.30. The number of H-pyrrole nitrogens is 1. The Morgan fingerprint density at radius 3 is 2.48 bits per heavy atom. The van der Waals surface area contributed by atoms with E-state index in [0.29, 0.717) is 17.2 Å². The number of hydrogen-bond donors (Lipinski definition) is 3. The van der Waals surface area contributed by atoms with Crippen LogP contribution < -0.4 is 14.8 Å². The molecule has 0 bridgehead atoms. The Morgan fingerprint density at radius 1 is 1.19 bits per heavy atom. The number of ether oxygens (including phenoxy) is 2. The van der Waals surface area contributed by atoms with Gasteiger partial charge < -0.3 is 24.9 Å². The first-order valence-corrected chi connectivity index (χ1v) is 6.30. The lowest BCUT2D eigenvalue weighted by Crippen LogP contribution is -2.26. The van der Waals surface area contributed by atoms with Crippen molar-refractivity contribution in [2.45, 2.75) is 6.42 Å². The largest absolute Gasteiger partial charge is 0.493 e. The second-order valence-corrected chi connectivity index (χ2v) is 4.38. The van der Waals surface area contributed by atoms with Gasteiger partial charge in [0.2, 0.25) is 0 Å². The summed E-state index contributed by atoms with van der Waals surface area (Å²) in [6.45, 7) is 0.0795.